The molecule has 92 valence electrons. The lowest BCUT2D eigenvalue weighted by Crippen LogP contribution is -2.37. The molecule has 0 heterocycles. The maximum absolute atomic E-state index is 11.5. The maximum atomic E-state index is 11.5. The molecule has 1 aromatic rings. The van der Waals surface area contributed by atoms with Gasteiger partial charge in [-0.1, -0.05) is 30.3 Å². The molecule has 0 saturated carbocycles. The minimum atomic E-state index is -1.48. The first-order chi connectivity index (χ1) is 8.00. The largest absolute Gasteiger partial charge is 0.480 e. The zero-order chi connectivity index (χ0) is 12.9. The highest BCUT2D eigenvalue weighted by Gasteiger charge is 2.42. The standard InChI is InChI=1S/C13H16O4/c1-13(11(14)15,12(16)17-2)9-8-10-6-4-3-5-7-10/h3-7H,8-9H2,1-2H3,(H,14,15)/t13-/m1/s1. The average molecular weight is 236 g/mol. The number of rotatable bonds is 5. The van der Waals surface area contributed by atoms with Crippen molar-refractivity contribution in [3.8, 4) is 0 Å². The van der Waals surface area contributed by atoms with Crippen LogP contribution in [-0.2, 0) is 20.7 Å². The van der Waals surface area contributed by atoms with Crippen molar-refractivity contribution in [3.63, 3.8) is 0 Å². The van der Waals surface area contributed by atoms with Crippen molar-refractivity contribution in [2.45, 2.75) is 19.8 Å². The van der Waals surface area contributed by atoms with Crippen molar-refractivity contribution in [1.82, 2.24) is 0 Å². The number of hydrogen-bond acceptors (Lipinski definition) is 3. The Labute approximate surface area is 100 Å². The molecular weight excluding hydrogens is 220 g/mol. The second-order valence-corrected chi connectivity index (χ2v) is 4.11. The lowest BCUT2D eigenvalue weighted by atomic mass is 9.84. The molecule has 0 amide bonds. The molecule has 1 rings (SSSR count). The van der Waals surface area contributed by atoms with Crippen molar-refractivity contribution in [2.24, 2.45) is 5.41 Å². The summed E-state index contributed by atoms with van der Waals surface area (Å²) in [5.74, 6) is -1.86. The van der Waals surface area contributed by atoms with E-state index in [4.69, 9.17) is 5.11 Å². The summed E-state index contributed by atoms with van der Waals surface area (Å²) in [7, 11) is 1.20. The van der Waals surface area contributed by atoms with Gasteiger partial charge in [0.15, 0.2) is 5.41 Å². The Bertz CT molecular complexity index is 399. The minimum Gasteiger partial charge on any atom is -0.480 e. The molecule has 0 aliphatic heterocycles. The van der Waals surface area contributed by atoms with Crippen molar-refractivity contribution in [2.75, 3.05) is 7.11 Å². The quantitative estimate of drug-likeness (QED) is 0.626. The number of carbonyl (C=O) groups is 2. The number of esters is 1. The number of aliphatic carboxylic acids is 1. The zero-order valence-corrected chi connectivity index (χ0v) is 9.97. The number of benzene rings is 1. The third-order valence-electron chi connectivity index (χ3n) is 2.86. The predicted molar refractivity (Wildman–Crippen MR) is 62.5 cm³/mol. The Morgan fingerprint density at radius 3 is 2.35 bits per heavy atom. The van der Waals surface area contributed by atoms with E-state index in [2.05, 4.69) is 4.74 Å². The van der Waals surface area contributed by atoms with Crippen molar-refractivity contribution in [3.05, 3.63) is 35.9 Å². The summed E-state index contributed by atoms with van der Waals surface area (Å²) < 4.78 is 4.55. The molecule has 0 unspecified atom stereocenters. The first kappa shape index (κ1) is 13.2. The molecule has 0 aromatic heterocycles. The van der Waals surface area contributed by atoms with E-state index in [1.165, 1.54) is 14.0 Å². The molecule has 4 heteroatoms. The van der Waals surface area contributed by atoms with E-state index in [0.717, 1.165) is 5.56 Å². The lowest BCUT2D eigenvalue weighted by molar-refractivity contribution is -0.166. The summed E-state index contributed by atoms with van der Waals surface area (Å²) in [6.07, 6.45) is 0.748. The van der Waals surface area contributed by atoms with Crippen molar-refractivity contribution in [1.29, 1.82) is 0 Å². The van der Waals surface area contributed by atoms with Crippen molar-refractivity contribution < 1.29 is 19.4 Å². The first-order valence-electron chi connectivity index (χ1n) is 5.36. The Morgan fingerprint density at radius 1 is 1.29 bits per heavy atom. The van der Waals surface area contributed by atoms with Crippen LogP contribution in [0, 0.1) is 5.41 Å². The van der Waals surface area contributed by atoms with Crippen LogP contribution in [0.4, 0.5) is 0 Å². The van der Waals surface area contributed by atoms with Gasteiger partial charge in [-0.2, -0.15) is 0 Å². The number of carboxylic acids is 1. The lowest BCUT2D eigenvalue weighted by Gasteiger charge is -2.21. The molecule has 0 aliphatic carbocycles. The van der Waals surface area contributed by atoms with Gasteiger partial charge in [0.05, 0.1) is 7.11 Å². The average Bonchev–Trinajstić information content (AvgIpc) is 2.35. The van der Waals surface area contributed by atoms with Gasteiger partial charge in [0.25, 0.3) is 0 Å². The Kier molecular flexibility index (Phi) is 4.26. The fourth-order valence-corrected chi connectivity index (χ4v) is 1.56. The molecule has 0 radical (unpaired) electrons. The fourth-order valence-electron chi connectivity index (χ4n) is 1.56. The monoisotopic (exact) mass is 236 g/mol. The molecule has 1 aromatic carbocycles. The number of aryl methyl sites for hydroxylation is 1. The van der Waals surface area contributed by atoms with Crippen LogP contribution < -0.4 is 0 Å². The van der Waals surface area contributed by atoms with Gasteiger partial charge < -0.3 is 9.84 Å². The normalized spacial score (nSPS) is 13.8. The molecule has 0 bridgehead atoms. The molecule has 0 spiro atoms. The van der Waals surface area contributed by atoms with Crippen LogP contribution in [0.5, 0.6) is 0 Å². The van der Waals surface area contributed by atoms with Gasteiger partial charge in [0.1, 0.15) is 0 Å². The molecule has 17 heavy (non-hydrogen) atoms. The summed E-state index contributed by atoms with van der Waals surface area (Å²) in [6, 6.07) is 9.45. The molecule has 4 nitrogen and oxygen atoms in total. The summed E-state index contributed by atoms with van der Waals surface area (Å²) in [5, 5.41) is 9.11. The van der Waals surface area contributed by atoms with Crippen LogP contribution in [0.15, 0.2) is 30.3 Å². The van der Waals surface area contributed by atoms with Gasteiger partial charge in [-0.3, -0.25) is 9.59 Å². The van der Waals surface area contributed by atoms with Gasteiger partial charge >= 0.3 is 11.9 Å². The number of carbonyl (C=O) groups excluding carboxylic acids is 1. The topological polar surface area (TPSA) is 63.6 Å². The van der Waals surface area contributed by atoms with Crippen LogP contribution in [0.1, 0.15) is 18.9 Å². The molecule has 1 N–H and O–H groups in total. The highest BCUT2D eigenvalue weighted by Crippen LogP contribution is 2.25. The summed E-state index contributed by atoms with van der Waals surface area (Å²) in [4.78, 5) is 22.6. The molecular formula is C13H16O4. The summed E-state index contributed by atoms with van der Waals surface area (Å²) in [6.45, 7) is 1.39. The number of methoxy groups -OCH3 is 1. The molecule has 0 aliphatic rings. The molecule has 0 fully saturated rings. The van der Waals surface area contributed by atoms with E-state index >= 15 is 0 Å². The molecule has 1 atom stereocenters. The second kappa shape index (κ2) is 5.48. The van der Waals surface area contributed by atoms with Crippen LogP contribution in [0.2, 0.25) is 0 Å². The van der Waals surface area contributed by atoms with Crippen LogP contribution in [0.25, 0.3) is 0 Å². The van der Waals surface area contributed by atoms with E-state index < -0.39 is 17.4 Å². The van der Waals surface area contributed by atoms with Crippen molar-refractivity contribution >= 4 is 11.9 Å². The second-order valence-electron chi connectivity index (χ2n) is 4.11. The van der Waals surface area contributed by atoms with E-state index in [9.17, 15) is 9.59 Å². The Balaban J connectivity index is 2.76. The Hall–Kier alpha value is -1.84. The van der Waals surface area contributed by atoms with Gasteiger partial charge in [-0.15, -0.1) is 0 Å². The maximum Gasteiger partial charge on any atom is 0.322 e. The van der Waals surface area contributed by atoms with Crippen LogP contribution >= 0.6 is 0 Å². The fraction of sp³-hybridized carbons (Fsp3) is 0.385. The third kappa shape index (κ3) is 3.06. The highest BCUT2D eigenvalue weighted by atomic mass is 16.5. The van der Waals surface area contributed by atoms with E-state index in [1.807, 2.05) is 30.3 Å². The summed E-state index contributed by atoms with van der Waals surface area (Å²) in [5.41, 5.74) is -0.478. The van der Waals surface area contributed by atoms with Crippen LogP contribution in [0.3, 0.4) is 0 Å². The van der Waals surface area contributed by atoms with Crippen LogP contribution in [-0.4, -0.2) is 24.2 Å². The minimum absolute atomic E-state index is 0.221. The number of carboxylic acid groups (broad SMARTS) is 1. The van der Waals surface area contributed by atoms with Gasteiger partial charge in [0.2, 0.25) is 0 Å². The van der Waals surface area contributed by atoms with Gasteiger partial charge in [-0.05, 0) is 25.3 Å². The zero-order valence-electron chi connectivity index (χ0n) is 9.97. The smallest absolute Gasteiger partial charge is 0.322 e. The van der Waals surface area contributed by atoms with E-state index in [-0.39, 0.29) is 6.42 Å². The third-order valence-corrected chi connectivity index (χ3v) is 2.86. The van der Waals surface area contributed by atoms with Gasteiger partial charge in [-0.25, -0.2) is 0 Å². The first-order valence-corrected chi connectivity index (χ1v) is 5.36. The SMILES string of the molecule is COC(=O)[C@](C)(CCc1ccccc1)C(=O)O. The number of hydrogen-bond donors (Lipinski definition) is 1. The summed E-state index contributed by atoms with van der Waals surface area (Å²) >= 11 is 0. The number of ether oxygens (including phenoxy) is 1. The van der Waals surface area contributed by atoms with E-state index in [1.54, 1.807) is 0 Å². The van der Waals surface area contributed by atoms with Gasteiger partial charge in [0, 0.05) is 0 Å². The molecule has 0 saturated heterocycles. The predicted octanol–water partition coefficient (Wildman–Crippen LogP) is 1.88. The highest BCUT2D eigenvalue weighted by molar-refractivity contribution is 5.98. The Morgan fingerprint density at radius 2 is 1.88 bits per heavy atom. The van der Waals surface area contributed by atoms with E-state index in [0.29, 0.717) is 6.42 Å².